The van der Waals surface area contributed by atoms with Crippen LogP contribution in [0.25, 0.3) is 0 Å². The van der Waals surface area contributed by atoms with Crippen LogP contribution in [0.3, 0.4) is 0 Å². The van der Waals surface area contributed by atoms with Crippen molar-refractivity contribution in [2.75, 3.05) is 13.6 Å². The highest BCUT2D eigenvalue weighted by atomic mass is 15.1. The average molecular weight is 163 g/mol. The molecule has 1 heterocycles. The summed E-state index contributed by atoms with van der Waals surface area (Å²) in [7, 11) is 2.25. The van der Waals surface area contributed by atoms with E-state index < -0.39 is 0 Å². The standard InChI is InChI=1S/C11H17N/c1-12-9-5-8-11(12)10-6-3-2-4-7-10/h2-4,6,10-11H,5,7-9H2,1H3. The summed E-state index contributed by atoms with van der Waals surface area (Å²) in [6.45, 7) is 1.29. The Morgan fingerprint density at radius 1 is 1.33 bits per heavy atom. The Morgan fingerprint density at radius 2 is 2.25 bits per heavy atom. The van der Waals surface area contributed by atoms with Gasteiger partial charge in [-0.1, -0.05) is 24.3 Å². The maximum absolute atomic E-state index is 2.51. The second-order valence-corrected chi connectivity index (χ2v) is 3.90. The van der Waals surface area contributed by atoms with Crippen molar-refractivity contribution in [3.05, 3.63) is 24.3 Å². The van der Waals surface area contributed by atoms with Gasteiger partial charge in [0.05, 0.1) is 0 Å². The largest absolute Gasteiger partial charge is 0.303 e. The second kappa shape index (κ2) is 3.44. The quantitative estimate of drug-likeness (QED) is 0.573. The van der Waals surface area contributed by atoms with E-state index in [4.69, 9.17) is 0 Å². The Labute approximate surface area is 74.8 Å². The third-order valence-corrected chi connectivity index (χ3v) is 3.08. The van der Waals surface area contributed by atoms with Gasteiger partial charge in [-0.3, -0.25) is 0 Å². The Balaban J connectivity index is 1.99. The topological polar surface area (TPSA) is 3.24 Å². The van der Waals surface area contributed by atoms with Crippen LogP contribution in [-0.4, -0.2) is 24.5 Å². The molecule has 0 aromatic heterocycles. The van der Waals surface area contributed by atoms with Crippen molar-refractivity contribution >= 4 is 0 Å². The molecule has 1 saturated heterocycles. The van der Waals surface area contributed by atoms with Gasteiger partial charge in [0.15, 0.2) is 0 Å². The summed E-state index contributed by atoms with van der Waals surface area (Å²) in [5.74, 6) is 0.780. The lowest BCUT2D eigenvalue weighted by molar-refractivity contribution is 0.256. The number of hydrogen-bond donors (Lipinski definition) is 0. The fourth-order valence-corrected chi connectivity index (χ4v) is 2.36. The van der Waals surface area contributed by atoms with E-state index in [2.05, 4.69) is 36.3 Å². The number of hydrogen-bond acceptors (Lipinski definition) is 1. The van der Waals surface area contributed by atoms with Crippen molar-refractivity contribution < 1.29 is 0 Å². The summed E-state index contributed by atoms with van der Waals surface area (Å²) in [5.41, 5.74) is 0. The Hall–Kier alpha value is -0.560. The van der Waals surface area contributed by atoms with Crippen LogP contribution in [-0.2, 0) is 0 Å². The van der Waals surface area contributed by atoms with Crippen molar-refractivity contribution in [1.82, 2.24) is 4.90 Å². The van der Waals surface area contributed by atoms with Gasteiger partial charge in [0.1, 0.15) is 0 Å². The average Bonchev–Trinajstić information content (AvgIpc) is 2.53. The van der Waals surface area contributed by atoms with Crippen LogP contribution in [0.15, 0.2) is 24.3 Å². The minimum absolute atomic E-state index is 0.780. The van der Waals surface area contributed by atoms with Crippen LogP contribution in [0.1, 0.15) is 19.3 Å². The first-order chi connectivity index (χ1) is 5.88. The highest BCUT2D eigenvalue weighted by molar-refractivity contribution is 5.13. The lowest BCUT2D eigenvalue weighted by Crippen LogP contribution is -2.31. The Bertz CT molecular complexity index is 205. The molecule has 0 radical (unpaired) electrons. The zero-order valence-electron chi connectivity index (χ0n) is 7.74. The smallest absolute Gasteiger partial charge is 0.0159 e. The molecule has 2 unspecified atom stereocenters. The van der Waals surface area contributed by atoms with Gasteiger partial charge in [0.2, 0.25) is 0 Å². The summed E-state index contributed by atoms with van der Waals surface area (Å²) in [6.07, 6.45) is 13.0. The molecular formula is C11H17N. The molecule has 0 N–H and O–H groups in total. The SMILES string of the molecule is CN1CCCC1C1C=CC=CC1. The molecule has 0 bridgehead atoms. The Kier molecular flexibility index (Phi) is 2.31. The van der Waals surface area contributed by atoms with Gasteiger partial charge < -0.3 is 4.90 Å². The molecule has 12 heavy (non-hydrogen) atoms. The normalized spacial score (nSPS) is 36.1. The third kappa shape index (κ3) is 1.46. The molecule has 1 aliphatic carbocycles. The molecule has 1 nitrogen and oxygen atoms in total. The van der Waals surface area contributed by atoms with Gasteiger partial charge in [-0.25, -0.2) is 0 Å². The van der Waals surface area contributed by atoms with E-state index in [1.54, 1.807) is 0 Å². The summed E-state index contributed by atoms with van der Waals surface area (Å²) in [5, 5.41) is 0. The van der Waals surface area contributed by atoms with Crippen LogP contribution in [0.2, 0.25) is 0 Å². The van der Waals surface area contributed by atoms with Gasteiger partial charge >= 0.3 is 0 Å². The summed E-state index contributed by atoms with van der Waals surface area (Å²) in [6, 6.07) is 0.811. The van der Waals surface area contributed by atoms with E-state index in [9.17, 15) is 0 Å². The van der Waals surface area contributed by atoms with Gasteiger partial charge in [-0.15, -0.1) is 0 Å². The molecule has 0 aromatic rings. The van der Waals surface area contributed by atoms with E-state index >= 15 is 0 Å². The van der Waals surface area contributed by atoms with E-state index in [1.165, 1.54) is 25.8 Å². The van der Waals surface area contributed by atoms with E-state index in [0.29, 0.717) is 0 Å². The second-order valence-electron chi connectivity index (χ2n) is 3.90. The lowest BCUT2D eigenvalue weighted by atomic mass is 9.91. The molecule has 2 atom stereocenters. The first kappa shape index (κ1) is 8.06. The maximum Gasteiger partial charge on any atom is 0.0159 e. The third-order valence-electron chi connectivity index (χ3n) is 3.08. The lowest BCUT2D eigenvalue weighted by Gasteiger charge is -2.26. The number of rotatable bonds is 1. The van der Waals surface area contributed by atoms with E-state index in [0.717, 1.165) is 12.0 Å². The van der Waals surface area contributed by atoms with Crippen LogP contribution in [0.4, 0.5) is 0 Å². The molecule has 1 fully saturated rings. The van der Waals surface area contributed by atoms with Crippen molar-refractivity contribution in [3.63, 3.8) is 0 Å². The number of nitrogens with zero attached hydrogens (tertiary/aromatic N) is 1. The minimum Gasteiger partial charge on any atom is -0.303 e. The zero-order chi connectivity index (χ0) is 8.39. The van der Waals surface area contributed by atoms with Gasteiger partial charge in [-0.2, -0.15) is 0 Å². The van der Waals surface area contributed by atoms with Gasteiger partial charge in [0, 0.05) is 6.04 Å². The highest BCUT2D eigenvalue weighted by Gasteiger charge is 2.27. The molecule has 0 spiro atoms. The molecule has 1 heteroatoms. The van der Waals surface area contributed by atoms with Gasteiger partial charge in [0.25, 0.3) is 0 Å². The Morgan fingerprint density at radius 3 is 2.83 bits per heavy atom. The number of likely N-dealkylation sites (tertiary alicyclic amines) is 1. The molecule has 66 valence electrons. The minimum atomic E-state index is 0.780. The molecule has 0 aromatic carbocycles. The molecule has 0 saturated carbocycles. The van der Waals surface area contributed by atoms with Gasteiger partial charge in [-0.05, 0) is 38.8 Å². The molecule has 2 rings (SSSR count). The molecular weight excluding hydrogens is 146 g/mol. The maximum atomic E-state index is 2.51. The molecule has 2 aliphatic rings. The van der Waals surface area contributed by atoms with Crippen LogP contribution >= 0.6 is 0 Å². The van der Waals surface area contributed by atoms with Crippen LogP contribution in [0.5, 0.6) is 0 Å². The van der Waals surface area contributed by atoms with Crippen LogP contribution < -0.4 is 0 Å². The fraction of sp³-hybridized carbons (Fsp3) is 0.636. The summed E-state index contributed by atoms with van der Waals surface area (Å²) >= 11 is 0. The summed E-state index contributed by atoms with van der Waals surface area (Å²) < 4.78 is 0. The zero-order valence-corrected chi connectivity index (χ0v) is 7.74. The first-order valence-electron chi connectivity index (χ1n) is 4.91. The first-order valence-corrected chi connectivity index (χ1v) is 4.91. The highest BCUT2D eigenvalue weighted by Crippen LogP contribution is 2.27. The van der Waals surface area contributed by atoms with E-state index in [-0.39, 0.29) is 0 Å². The van der Waals surface area contributed by atoms with Crippen molar-refractivity contribution in [2.24, 2.45) is 5.92 Å². The number of allylic oxidation sites excluding steroid dienone is 3. The van der Waals surface area contributed by atoms with E-state index in [1.807, 2.05) is 0 Å². The predicted molar refractivity (Wildman–Crippen MR) is 52.0 cm³/mol. The molecule has 0 amide bonds. The summed E-state index contributed by atoms with van der Waals surface area (Å²) in [4.78, 5) is 2.51. The van der Waals surface area contributed by atoms with Crippen molar-refractivity contribution in [3.8, 4) is 0 Å². The fourth-order valence-electron chi connectivity index (χ4n) is 2.36. The predicted octanol–water partition coefficient (Wildman–Crippen LogP) is 2.21. The monoisotopic (exact) mass is 163 g/mol. The van der Waals surface area contributed by atoms with Crippen molar-refractivity contribution in [1.29, 1.82) is 0 Å². The van der Waals surface area contributed by atoms with Crippen LogP contribution in [0, 0.1) is 5.92 Å². The molecule has 1 aliphatic heterocycles. The van der Waals surface area contributed by atoms with Crippen molar-refractivity contribution in [2.45, 2.75) is 25.3 Å².